The molecule has 0 amide bonds. The van der Waals surface area contributed by atoms with E-state index in [1.807, 2.05) is 13.0 Å². The van der Waals surface area contributed by atoms with Crippen LogP contribution in [0.4, 0.5) is 15.9 Å². The Kier molecular flexibility index (Phi) is 2.58. The number of nitrogens with zero attached hydrogens (tertiary/aromatic N) is 2. The summed E-state index contributed by atoms with van der Waals surface area (Å²) >= 11 is 0. The van der Waals surface area contributed by atoms with Crippen molar-refractivity contribution in [3.8, 4) is 0 Å². The van der Waals surface area contributed by atoms with Crippen LogP contribution in [0.2, 0.25) is 0 Å². The minimum absolute atomic E-state index is 0.474. The lowest BCUT2D eigenvalue weighted by Gasteiger charge is -2.05. The number of halogens is 1. The fourth-order valence-corrected chi connectivity index (χ4v) is 1.25. The highest BCUT2D eigenvalue weighted by molar-refractivity contribution is 5.55. The molecule has 0 spiro atoms. The molecular weight excluding hydrogens is 193 g/mol. The van der Waals surface area contributed by atoms with E-state index >= 15 is 0 Å². The highest BCUT2D eigenvalue weighted by Crippen LogP contribution is 2.14. The van der Waals surface area contributed by atoms with Crippen molar-refractivity contribution in [1.82, 2.24) is 9.97 Å². The summed E-state index contributed by atoms with van der Waals surface area (Å²) in [6, 6.07) is 6.53. The largest absolute Gasteiger partial charge is 0.339 e. The minimum atomic E-state index is -0.499. The van der Waals surface area contributed by atoms with E-state index in [1.54, 1.807) is 24.5 Å². The summed E-state index contributed by atoms with van der Waals surface area (Å²) in [4.78, 5) is 7.71. The second-order valence-electron chi connectivity index (χ2n) is 3.22. The van der Waals surface area contributed by atoms with Gasteiger partial charge >= 0.3 is 0 Å². The Hall–Kier alpha value is -1.97. The number of nitrogens with one attached hydrogen (secondary N) is 1. The first-order chi connectivity index (χ1) is 7.24. The summed E-state index contributed by atoms with van der Waals surface area (Å²) in [5, 5.41) is 2.97. The number of rotatable bonds is 2. The number of aromatic nitrogens is 2. The van der Waals surface area contributed by atoms with E-state index in [0.717, 1.165) is 11.3 Å². The van der Waals surface area contributed by atoms with E-state index in [0.29, 0.717) is 5.82 Å². The van der Waals surface area contributed by atoms with Gasteiger partial charge in [-0.25, -0.2) is 4.98 Å². The standard InChI is InChI=1S/C11H10FN3/c1-8-5-9(7-13-6-8)14-11-4-2-3-10(12)15-11/h2-7H,1H3,(H,14,15). The SMILES string of the molecule is Cc1cncc(Nc2cccc(F)n2)c1. The lowest BCUT2D eigenvalue weighted by Crippen LogP contribution is -1.95. The van der Waals surface area contributed by atoms with Gasteiger partial charge in [0.2, 0.25) is 5.95 Å². The average molecular weight is 203 g/mol. The van der Waals surface area contributed by atoms with Gasteiger partial charge in [-0.3, -0.25) is 4.98 Å². The zero-order chi connectivity index (χ0) is 10.7. The third-order valence-corrected chi connectivity index (χ3v) is 1.86. The molecule has 0 radical (unpaired) electrons. The van der Waals surface area contributed by atoms with Crippen LogP contribution in [0, 0.1) is 12.9 Å². The smallest absolute Gasteiger partial charge is 0.214 e. The lowest BCUT2D eigenvalue weighted by atomic mass is 10.3. The first kappa shape index (κ1) is 9.58. The van der Waals surface area contributed by atoms with Gasteiger partial charge in [0.25, 0.3) is 0 Å². The van der Waals surface area contributed by atoms with Gasteiger partial charge in [0, 0.05) is 6.20 Å². The predicted molar refractivity (Wildman–Crippen MR) is 56.5 cm³/mol. The first-order valence-corrected chi connectivity index (χ1v) is 4.55. The molecule has 0 saturated carbocycles. The van der Waals surface area contributed by atoms with Crippen LogP contribution in [-0.2, 0) is 0 Å². The maximum atomic E-state index is 12.8. The molecule has 0 bridgehead atoms. The third kappa shape index (κ3) is 2.49. The Bertz CT molecular complexity index is 427. The van der Waals surface area contributed by atoms with E-state index < -0.39 is 5.95 Å². The number of hydrogen-bond acceptors (Lipinski definition) is 3. The van der Waals surface area contributed by atoms with Gasteiger partial charge in [-0.1, -0.05) is 6.07 Å². The van der Waals surface area contributed by atoms with Crippen molar-refractivity contribution in [3.63, 3.8) is 0 Å². The zero-order valence-corrected chi connectivity index (χ0v) is 8.24. The van der Waals surface area contributed by atoms with Crippen LogP contribution in [-0.4, -0.2) is 9.97 Å². The molecule has 0 aromatic carbocycles. The molecule has 2 rings (SSSR count). The van der Waals surface area contributed by atoms with E-state index in [4.69, 9.17) is 0 Å². The summed E-state index contributed by atoms with van der Waals surface area (Å²) in [6.45, 7) is 1.94. The van der Waals surface area contributed by atoms with E-state index in [-0.39, 0.29) is 0 Å². The molecule has 0 aliphatic rings. The predicted octanol–water partition coefficient (Wildman–Crippen LogP) is 2.67. The van der Waals surface area contributed by atoms with Crippen molar-refractivity contribution in [3.05, 3.63) is 48.2 Å². The third-order valence-electron chi connectivity index (χ3n) is 1.86. The Morgan fingerprint density at radius 3 is 2.87 bits per heavy atom. The highest BCUT2D eigenvalue weighted by atomic mass is 19.1. The van der Waals surface area contributed by atoms with Gasteiger partial charge in [0.1, 0.15) is 5.82 Å². The highest BCUT2D eigenvalue weighted by Gasteiger charge is 1.97. The summed E-state index contributed by atoms with van der Waals surface area (Å²) < 4.78 is 12.8. The van der Waals surface area contributed by atoms with Crippen molar-refractivity contribution in [2.75, 3.05) is 5.32 Å². The van der Waals surface area contributed by atoms with Crippen LogP contribution in [0.5, 0.6) is 0 Å². The summed E-state index contributed by atoms with van der Waals surface area (Å²) in [7, 11) is 0. The minimum Gasteiger partial charge on any atom is -0.339 e. The normalized spacial score (nSPS) is 10.0. The van der Waals surface area contributed by atoms with Gasteiger partial charge in [-0.2, -0.15) is 4.39 Å². The molecule has 0 unspecified atom stereocenters. The van der Waals surface area contributed by atoms with Gasteiger partial charge in [-0.05, 0) is 30.7 Å². The maximum Gasteiger partial charge on any atom is 0.214 e. The van der Waals surface area contributed by atoms with Gasteiger partial charge in [-0.15, -0.1) is 0 Å². The van der Waals surface area contributed by atoms with Crippen LogP contribution in [0.15, 0.2) is 36.7 Å². The molecule has 76 valence electrons. The molecule has 0 aliphatic carbocycles. The summed E-state index contributed by atoms with van der Waals surface area (Å²) in [5.74, 6) is -0.0250. The molecule has 0 fully saturated rings. The first-order valence-electron chi connectivity index (χ1n) is 4.55. The van der Waals surface area contributed by atoms with Crippen LogP contribution in [0.1, 0.15) is 5.56 Å². The van der Waals surface area contributed by atoms with Crippen molar-refractivity contribution in [2.24, 2.45) is 0 Å². The molecule has 2 heterocycles. The second kappa shape index (κ2) is 4.04. The number of aryl methyl sites for hydroxylation is 1. The number of pyridine rings is 2. The summed E-state index contributed by atoms with van der Waals surface area (Å²) in [6.07, 6.45) is 3.42. The van der Waals surface area contributed by atoms with Crippen LogP contribution >= 0.6 is 0 Å². The Morgan fingerprint density at radius 2 is 2.13 bits per heavy atom. The Balaban J connectivity index is 2.22. The van der Waals surface area contributed by atoms with Crippen molar-refractivity contribution in [2.45, 2.75) is 6.92 Å². The molecule has 4 heteroatoms. The average Bonchev–Trinajstić information content (AvgIpc) is 2.17. The fourth-order valence-electron chi connectivity index (χ4n) is 1.25. The van der Waals surface area contributed by atoms with Crippen LogP contribution < -0.4 is 5.32 Å². The van der Waals surface area contributed by atoms with Crippen molar-refractivity contribution >= 4 is 11.5 Å². The maximum absolute atomic E-state index is 12.8. The Labute approximate surface area is 87.0 Å². The monoisotopic (exact) mass is 203 g/mol. The molecule has 2 aromatic rings. The molecule has 15 heavy (non-hydrogen) atoms. The topological polar surface area (TPSA) is 37.8 Å². The fraction of sp³-hybridized carbons (Fsp3) is 0.0909. The quantitative estimate of drug-likeness (QED) is 0.762. The van der Waals surface area contributed by atoms with E-state index in [2.05, 4.69) is 15.3 Å². The Morgan fingerprint density at radius 1 is 1.27 bits per heavy atom. The van der Waals surface area contributed by atoms with E-state index in [1.165, 1.54) is 6.07 Å². The van der Waals surface area contributed by atoms with Crippen molar-refractivity contribution < 1.29 is 4.39 Å². The molecule has 1 N–H and O–H groups in total. The van der Waals surface area contributed by atoms with Gasteiger partial charge < -0.3 is 5.32 Å². The number of hydrogen-bond donors (Lipinski definition) is 1. The summed E-state index contributed by atoms with van der Waals surface area (Å²) in [5.41, 5.74) is 1.84. The lowest BCUT2D eigenvalue weighted by molar-refractivity contribution is 0.585. The molecular formula is C11H10FN3. The zero-order valence-electron chi connectivity index (χ0n) is 8.24. The molecule has 3 nitrogen and oxygen atoms in total. The van der Waals surface area contributed by atoms with Crippen molar-refractivity contribution in [1.29, 1.82) is 0 Å². The van der Waals surface area contributed by atoms with Crippen LogP contribution in [0.3, 0.4) is 0 Å². The van der Waals surface area contributed by atoms with E-state index in [9.17, 15) is 4.39 Å². The molecule has 0 atom stereocenters. The molecule has 0 saturated heterocycles. The van der Waals surface area contributed by atoms with Gasteiger partial charge in [0.15, 0.2) is 0 Å². The van der Waals surface area contributed by atoms with Gasteiger partial charge in [0.05, 0.1) is 11.9 Å². The molecule has 0 aliphatic heterocycles. The van der Waals surface area contributed by atoms with Crippen LogP contribution in [0.25, 0.3) is 0 Å². The second-order valence-corrected chi connectivity index (χ2v) is 3.22. The molecule has 2 aromatic heterocycles. The number of anilines is 2.